The Morgan fingerprint density at radius 2 is 1.22 bits per heavy atom. The van der Waals surface area contributed by atoms with Gasteiger partial charge in [0.2, 0.25) is 0 Å². The van der Waals surface area contributed by atoms with Crippen molar-refractivity contribution in [1.29, 1.82) is 0 Å². The van der Waals surface area contributed by atoms with Crippen LogP contribution < -0.4 is 0 Å². The lowest BCUT2D eigenvalue weighted by Crippen LogP contribution is -2.57. The van der Waals surface area contributed by atoms with Crippen molar-refractivity contribution in [2.75, 3.05) is 6.61 Å². The van der Waals surface area contributed by atoms with E-state index in [1.165, 1.54) is 20.8 Å². The molecular weight excluding hydrogens is 515 g/mol. The molecule has 0 aliphatic heterocycles. The van der Waals surface area contributed by atoms with Gasteiger partial charge < -0.3 is 14.2 Å². The average molecular weight is 540 g/mol. The maximum absolute atomic E-state index is 13.8. The average Bonchev–Trinajstić information content (AvgIpc) is 2.67. The maximum atomic E-state index is 13.8. The highest BCUT2D eigenvalue weighted by Crippen LogP contribution is 2.53. The molecule has 1 atom stereocenters. The molecule has 0 saturated heterocycles. The van der Waals surface area contributed by atoms with Crippen LogP contribution in [0.25, 0.3) is 0 Å². The van der Waals surface area contributed by atoms with Gasteiger partial charge in [0.25, 0.3) is 0 Å². The standard InChI is InChI=1S/C22H25F9O5/c1-6-18(5,20(23,24)25)15(32)34-12-11-13-7-9-14(10-8-13)19(21(26,27)28,22(29,30)31)36-16(33)35-17(2,3)4/h7-10H,6,11-12H2,1-5H3. The van der Waals surface area contributed by atoms with E-state index in [1.807, 2.05) is 0 Å². The quantitative estimate of drug-likeness (QED) is 0.275. The topological polar surface area (TPSA) is 61.8 Å². The third kappa shape index (κ3) is 6.75. The summed E-state index contributed by atoms with van der Waals surface area (Å²) < 4.78 is 135. The van der Waals surface area contributed by atoms with Gasteiger partial charge in [-0.1, -0.05) is 31.2 Å². The first-order chi connectivity index (χ1) is 16.0. The number of carbonyl (C=O) groups excluding carboxylic acids is 2. The minimum atomic E-state index is -6.15. The number of carbonyl (C=O) groups is 2. The van der Waals surface area contributed by atoms with Crippen molar-refractivity contribution in [3.8, 4) is 0 Å². The molecule has 0 spiro atoms. The summed E-state index contributed by atoms with van der Waals surface area (Å²) in [5.74, 6) is -1.58. The normalized spacial score (nSPS) is 15.2. The SMILES string of the molecule is CCC(C)(C(=O)OCCc1ccc(C(OC(=O)OC(C)(C)C)(C(F)(F)F)C(F)(F)F)cc1)C(F)(F)F. The van der Waals surface area contributed by atoms with E-state index >= 15 is 0 Å². The van der Waals surface area contributed by atoms with Gasteiger partial charge in [-0.25, -0.2) is 4.79 Å². The lowest BCUT2D eigenvalue weighted by Gasteiger charge is -2.37. The summed E-state index contributed by atoms with van der Waals surface area (Å²) >= 11 is 0. The molecule has 0 saturated carbocycles. The molecular formula is C22H25F9O5. The fourth-order valence-corrected chi connectivity index (χ4v) is 2.85. The highest BCUT2D eigenvalue weighted by atomic mass is 19.4. The van der Waals surface area contributed by atoms with E-state index in [2.05, 4.69) is 14.2 Å². The molecule has 1 aromatic rings. The molecule has 0 fully saturated rings. The van der Waals surface area contributed by atoms with Gasteiger partial charge in [-0.3, -0.25) is 4.79 Å². The van der Waals surface area contributed by atoms with Crippen LogP contribution in [0.5, 0.6) is 0 Å². The van der Waals surface area contributed by atoms with Crippen LogP contribution in [0.3, 0.4) is 0 Å². The van der Waals surface area contributed by atoms with Crippen LogP contribution in [0.2, 0.25) is 0 Å². The molecule has 1 unspecified atom stereocenters. The van der Waals surface area contributed by atoms with Gasteiger partial charge in [0, 0.05) is 12.0 Å². The summed E-state index contributed by atoms with van der Waals surface area (Å²) in [5, 5.41) is 0. The maximum Gasteiger partial charge on any atom is 0.510 e. The second kappa shape index (κ2) is 10.4. The summed E-state index contributed by atoms with van der Waals surface area (Å²) in [5.41, 5.74) is -10.8. The summed E-state index contributed by atoms with van der Waals surface area (Å²) in [6.45, 7) is 4.76. The summed E-state index contributed by atoms with van der Waals surface area (Å²) in [6, 6.07) is 2.40. The molecule has 0 aromatic heterocycles. The van der Waals surface area contributed by atoms with Crippen LogP contribution >= 0.6 is 0 Å². The molecule has 1 rings (SSSR count). The predicted molar refractivity (Wildman–Crippen MR) is 107 cm³/mol. The van der Waals surface area contributed by atoms with Gasteiger partial charge in [0.15, 0.2) is 5.41 Å². The highest BCUT2D eigenvalue weighted by Gasteiger charge is 2.75. The van der Waals surface area contributed by atoms with Crippen molar-refractivity contribution >= 4 is 12.1 Å². The summed E-state index contributed by atoms with van der Waals surface area (Å²) in [6.07, 6.45) is -20.3. The Morgan fingerprint density at radius 1 is 0.750 bits per heavy atom. The molecule has 0 radical (unpaired) electrons. The molecule has 206 valence electrons. The van der Waals surface area contributed by atoms with Crippen molar-refractivity contribution in [3.63, 3.8) is 0 Å². The molecule has 0 aliphatic rings. The Balaban J connectivity index is 3.20. The molecule has 0 bridgehead atoms. The van der Waals surface area contributed by atoms with Crippen LogP contribution in [0, 0.1) is 5.41 Å². The minimum absolute atomic E-state index is 0.0345. The number of benzene rings is 1. The van der Waals surface area contributed by atoms with E-state index in [9.17, 15) is 49.1 Å². The highest BCUT2D eigenvalue weighted by molar-refractivity contribution is 5.77. The van der Waals surface area contributed by atoms with Gasteiger partial charge in [-0.05, 0) is 39.7 Å². The number of hydrogen-bond acceptors (Lipinski definition) is 5. The molecule has 5 nitrogen and oxygen atoms in total. The van der Waals surface area contributed by atoms with Crippen molar-refractivity contribution in [1.82, 2.24) is 0 Å². The predicted octanol–water partition coefficient (Wildman–Crippen LogP) is 7.02. The van der Waals surface area contributed by atoms with Crippen LogP contribution in [-0.2, 0) is 31.0 Å². The number of alkyl halides is 9. The fraction of sp³-hybridized carbons (Fsp3) is 0.636. The minimum Gasteiger partial charge on any atom is -0.465 e. The number of rotatable bonds is 7. The van der Waals surface area contributed by atoms with E-state index in [-0.39, 0.29) is 12.0 Å². The van der Waals surface area contributed by atoms with Crippen LogP contribution in [-0.4, -0.2) is 42.9 Å². The molecule has 0 N–H and O–H groups in total. The van der Waals surface area contributed by atoms with Crippen LogP contribution in [0.4, 0.5) is 44.3 Å². The Labute approximate surface area is 200 Å². The number of ether oxygens (including phenoxy) is 3. The molecule has 0 aliphatic carbocycles. The van der Waals surface area contributed by atoms with Crippen molar-refractivity contribution in [2.24, 2.45) is 5.41 Å². The zero-order chi connectivity index (χ0) is 28.4. The first-order valence-electron chi connectivity index (χ1n) is 10.4. The van der Waals surface area contributed by atoms with E-state index < -0.39 is 65.9 Å². The van der Waals surface area contributed by atoms with E-state index in [4.69, 9.17) is 0 Å². The number of halogens is 9. The largest absolute Gasteiger partial charge is 0.510 e. The lowest BCUT2D eigenvalue weighted by molar-refractivity contribution is -0.377. The number of esters is 1. The zero-order valence-corrected chi connectivity index (χ0v) is 19.9. The van der Waals surface area contributed by atoms with Crippen LogP contribution in [0.1, 0.15) is 52.2 Å². The van der Waals surface area contributed by atoms with Gasteiger partial charge in [-0.2, -0.15) is 39.5 Å². The third-order valence-electron chi connectivity index (χ3n) is 5.19. The summed E-state index contributed by atoms with van der Waals surface area (Å²) in [4.78, 5) is 23.7. The van der Waals surface area contributed by atoms with Crippen LogP contribution in [0.15, 0.2) is 24.3 Å². The second-order valence-electron chi connectivity index (χ2n) is 9.01. The second-order valence-corrected chi connectivity index (χ2v) is 9.01. The molecule has 0 amide bonds. The van der Waals surface area contributed by atoms with Gasteiger partial charge in [0.05, 0.1) is 6.61 Å². The first kappa shape index (κ1) is 31.4. The van der Waals surface area contributed by atoms with Gasteiger partial charge in [-0.15, -0.1) is 0 Å². The fourth-order valence-electron chi connectivity index (χ4n) is 2.85. The van der Waals surface area contributed by atoms with E-state index in [0.29, 0.717) is 19.1 Å². The monoisotopic (exact) mass is 540 g/mol. The molecule has 14 heteroatoms. The Hall–Kier alpha value is -2.67. The van der Waals surface area contributed by atoms with Gasteiger partial charge >= 0.3 is 36.3 Å². The molecule has 0 heterocycles. The van der Waals surface area contributed by atoms with Gasteiger partial charge in [0.1, 0.15) is 5.60 Å². The van der Waals surface area contributed by atoms with Crippen molar-refractivity contribution in [3.05, 3.63) is 35.4 Å². The third-order valence-corrected chi connectivity index (χ3v) is 5.19. The summed E-state index contributed by atoms with van der Waals surface area (Å²) in [7, 11) is 0. The van der Waals surface area contributed by atoms with Crippen molar-refractivity contribution in [2.45, 2.75) is 77.2 Å². The smallest absolute Gasteiger partial charge is 0.465 e. The Bertz CT molecular complexity index is 898. The van der Waals surface area contributed by atoms with E-state index in [1.54, 1.807) is 0 Å². The Morgan fingerprint density at radius 3 is 1.58 bits per heavy atom. The molecule has 36 heavy (non-hydrogen) atoms. The zero-order valence-electron chi connectivity index (χ0n) is 19.9. The molecule has 1 aromatic carbocycles. The first-order valence-corrected chi connectivity index (χ1v) is 10.4. The Kier molecular flexibility index (Phi) is 9.03. The van der Waals surface area contributed by atoms with E-state index in [0.717, 1.165) is 19.1 Å². The lowest BCUT2D eigenvalue weighted by atomic mass is 9.87. The number of hydrogen-bond donors (Lipinski definition) is 0. The van der Waals surface area contributed by atoms with Crippen molar-refractivity contribution < 1.29 is 63.3 Å².